The van der Waals surface area contributed by atoms with Gasteiger partial charge >= 0.3 is 6.03 Å². The van der Waals surface area contributed by atoms with Crippen LogP contribution in [0.5, 0.6) is 0 Å². The van der Waals surface area contributed by atoms with Crippen LogP contribution in [0.15, 0.2) is 23.3 Å². The van der Waals surface area contributed by atoms with Gasteiger partial charge in [0, 0.05) is 11.5 Å². The second kappa shape index (κ2) is 7.45. The van der Waals surface area contributed by atoms with E-state index in [4.69, 9.17) is 5.10 Å². The summed E-state index contributed by atoms with van der Waals surface area (Å²) in [7, 11) is 0. The van der Waals surface area contributed by atoms with Crippen molar-refractivity contribution in [2.45, 2.75) is 92.0 Å². The Labute approximate surface area is 176 Å². The van der Waals surface area contributed by atoms with Gasteiger partial charge in [0.25, 0.3) is 0 Å². The molecule has 1 aliphatic heterocycles. The predicted molar refractivity (Wildman–Crippen MR) is 120 cm³/mol. The average Bonchev–Trinajstić information content (AvgIpc) is 2.77. The number of carbonyl (C=O) groups excluding carboxylic acids is 1. The normalized spacial score (nSPS) is 25.1. The van der Waals surface area contributed by atoms with Gasteiger partial charge in [-0.05, 0) is 55.4 Å². The monoisotopic (exact) mass is 395 g/mol. The van der Waals surface area contributed by atoms with Gasteiger partial charge < -0.3 is 5.32 Å². The summed E-state index contributed by atoms with van der Waals surface area (Å²) >= 11 is 0. The summed E-state index contributed by atoms with van der Waals surface area (Å²) in [5.41, 5.74) is 4.75. The third-order valence-electron chi connectivity index (χ3n) is 7.08. The summed E-state index contributed by atoms with van der Waals surface area (Å²) in [6, 6.07) is 6.40. The van der Waals surface area contributed by atoms with E-state index in [0.717, 1.165) is 35.4 Å². The van der Waals surface area contributed by atoms with Crippen molar-refractivity contribution >= 4 is 17.4 Å². The number of aryl methyl sites for hydroxylation is 1. The number of rotatable bonds is 2. The van der Waals surface area contributed by atoms with Gasteiger partial charge in [-0.1, -0.05) is 65.2 Å². The molecule has 3 aliphatic rings. The Morgan fingerprint density at radius 1 is 1.03 bits per heavy atom. The van der Waals surface area contributed by atoms with Gasteiger partial charge in [-0.15, -0.1) is 0 Å². The molecule has 4 heteroatoms. The van der Waals surface area contributed by atoms with Gasteiger partial charge in [0.05, 0.1) is 17.4 Å². The number of amides is 2. The van der Waals surface area contributed by atoms with Crippen molar-refractivity contribution in [1.82, 2.24) is 5.01 Å². The highest BCUT2D eigenvalue weighted by atomic mass is 16.2. The maximum atomic E-state index is 13.4. The molecule has 0 spiro atoms. The number of urea groups is 1. The second-order valence-electron chi connectivity index (χ2n) is 11.2. The lowest BCUT2D eigenvalue weighted by Gasteiger charge is -2.47. The molecule has 29 heavy (non-hydrogen) atoms. The minimum absolute atomic E-state index is 0.0649. The highest BCUT2D eigenvalue weighted by Gasteiger charge is 2.43. The third kappa shape index (κ3) is 4.22. The molecule has 0 unspecified atom stereocenters. The Kier molecular flexibility index (Phi) is 5.25. The lowest BCUT2D eigenvalue weighted by molar-refractivity contribution is 0.0432. The number of hydrazone groups is 1. The van der Waals surface area contributed by atoms with Crippen molar-refractivity contribution in [3.63, 3.8) is 0 Å². The molecule has 2 fully saturated rings. The maximum Gasteiger partial charge on any atom is 0.342 e. The molecule has 1 heterocycles. The summed E-state index contributed by atoms with van der Waals surface area (Å²) in [4.78, 5) is 13.4. The van der Waals surface area contributed by atoms with Crippen molar-refractivity contribution in [1.29, 1.82) is 0 Å². The van der Waals surface area contributed by atoms with Crippen LogP contribution in [0.3, 0.4) is 0 Å². The van der Waals surface area contributed by atoms with Crippen molar-refractivity contribution in [2.75, 3.05) is 5.32 Å². The summed E-state index contributed by atoms with van der Waals surface area (Å²) in [5.74, 6) is 0.448. The Morgan fingerprint density at radius 2 is 1.69 bits per heavy atom. The number of anilines is 1. The van der Waals surface area contributed by atoms with Crippen LogP contribution in [0.25, 0.3) is 0 Å². The highest BCUT2D eigenvalue weighted by Crippen LogP contribution is 2.48. The Morgan fingerprint density at radius 3 is 2.34 bits per heavy atom. The standard InChI is InChI=1S/C25H37N3O/c1-17-10-9-13-20-21(17)26-23(29)28(27-22(20)18-11-7-6-8-12-18)19-14-24(2,3)16-25(4,5)15-19/h9-10,13,18-19H,6-8,11-12,14-16H2,1-5H3,(H,26,29). The first-order valence-electron chi connectivity index (χ1n) is 11.4. The van der Waals surface area contributed by atoms with E-state index in [2.05, 4.69) is 58.1 Å². The minimum Gasteiger partial charge on any atom is -0.305 e. The number of benzene rings is 1. The fraction of sp³-hybridized carbons (Fsp3) is 0.680. The van der Waals surface area contributed by atoms with Crippen LogP contribution in [0.4, 0.5) is 10.5 Å². The number of para-hydroxylation sites is 1. The Balaban J connectivity index is 1.77. The maximum absolute atomic E-state index is 13.4. The van der Waals surface area contributed by atoms with Crippen molar-refractivity contribution in [3.8, 4) is 0 Å². The SMILES string of the molecule is Cc1cccc2c1NC(=O)N(C1CC(C)(C)CC(C)(C)C1)N=C2C1CCCCC1. The number of carbonyl (C=O) groups is 1. The van der Waals surface area contributed by atoms with E-state index in [1.807, 2.05) is 5.01 Å². The number of nitrogens with zero attached hydrogens (tertiary/aromatic N) is 2. The fourth-order valence-electron chi connectivity index (χ4n) is 6.31. The molecule has 1 N–H and O–H groups in total. The zero-order chi connectivity index (χ0) is 20.8. The molecule has 1 aromatic rings. The van der Waals surface area contributed by atoms with Crippen LogP contribution in [0, 0.1) is 23.7 Å². The molecule has 0 atom stereocenters. The number of hydrogen-bond donors (Lipinski definition) is 1. The third-order valence-corrected chi connectivity index (χ3v) is 7.08. The van der Waals surface area contributed by atoms with Gasteiger partial charge in [-0.25, -0.2) is 9.80 Å². The molecule has 0 aromatic heterocycles. The van der Waals surface area contributed by atoms with Crippen LogP contribution in [0.1, 0.15) is 90.2 Å². The number of nitrogens with one attached hydrogen (secondary N) is 1. The first-order chi connectivity index (χ1) is 13.7. The molecule has 0 saturated heterocycles. The molecule has 158 valence electrons. The van der Waals surface area contributed by atoms with E-state index in [0.29, 0.717) is 5.92 Å². The van der Waals surface area contributed by atoms with E-state index in [1.54, 1.807) is 0 Å². The summed E-state index contributed by atoms with van der Waals surface area (Å²) < 4.78 is 0. The molecular weight excluding hydrogens is 358 g/mol. The van der Waals surface area contributed by atoms with Gasteiger partial charge in [0.15, 0.2) is 0 Å². The first kappa shape index (κ1) is 20.4. The summed E-state index contributed by atoms with van der Waals surface area (Å²) in [5, 5.41) is 10.2. The highest BCUT2D eigenvalue weighted by molar-refractivity contribution is 6.11. The van der Waals surface area contributed by atoms with Crippen molar-refractivity contribution in [2.24, 2.45) is 21.8 Å². The van der Waals surface area contributed by atoms with E-state index < -0.39 is 0 Å². The zero-order valence-electron chi connectivity index (χ0n) is 18.8. The summed E-state index contributed by atoms with van der Waals surface area (Å²) in [6.45, 7) is 11.4. The van der Waals surface area contributed by atoms with Gasteiger partial charge in [-0.2, -0.15) is 5.10 Å². The van der Waals surface area contributed by atoms with E-state index in [1.165, 1.54) is 38.5 Å². The number of fused-ring (bicyclic) bond motifs is 1. The smallest absolute Gasteiger partial charge is 0.305 e. The molecule has 0 radical (unpaired) electrons. The molecule has 4 nitrogen and oxygen atoms in total. The van der Waals surface area contributed by atoms with Gasteiger partial charge in [0.2, 0.25) is 0 Å². The Bertz CT molecular complexity index is 801. The van der Waals surface area contributed by atoms with Gasteiger partial charge in [0.1, 0.15) is 0 Å². The topological polar surface area (TPSA) is 44.7 Å². The van der Waals surface area contributed by atoms with Crippen LogP contribution in [0.2, 0.25) is 0 Å². The summed E-state index contributed by atoms with van der Waals surface area (Å²) in [6.07, 6.45) is 9.37. The second-order valence-corrected chi connectivity index (χ2v) is 11.2. The molecule has 0 bridgehead atoms. The van der Waals surface area contributed by atoms with E-state index in [-0.39, 0.29) is 22.9 Å². The lowest BCUT2D eigenvalue weighted by Crippen LogP contribution is -2.47. The van der Waals surface area contributed by atoms with E-state index >= 15 is 0 Å². The zero-order valence-corrected chi connectivity index (χ0v) is 18.8. The minimum atomic E-state index is -0.0649. The molecule has 2 amide bonds. The number of hydrogen-bond acceptors (Lipinski definition) is 2. The molecular formula is C25H37N3O. The molecule has 4 rings (SSSR count). The molecule has 2 aliphatic carbocycles. The van der Waals surface area contributed by atoms with Gasteiger partial charge in [-0.3, -0.25) is 0 Å². The van der Waals surface area contributed by atoms with Crippen LogP contribution in [-0.4, -0.2) is 22.8 Å². The fourth-order valence-corrected chi connectivity index (χ4v) is 6.31. The lowest BCUT2D eigenvalue weighted by atomic mass is 9.63. The van der Waals surface area contributed by atoms with Crippen LogP contribution < -0.4 is 5.32 Å². The quantitative estimate of drug-likeness (QED) is 0.592. The predicted octanol–water partition coefficient (Wildman–Crippen LogP) is 6.73. The molecule has 2 saturated carbocycles. The van der Waals surface area contributed by atoms with Crippen LogP contribution in [-0.2, 0) is 0 Å². The average molecular weight is 396 g/mol. The molecule has 1 aromatic carbocycles. The van der Waals surface area contributed by atoms with Crippen LogP contribution >= 0.6 is 0 Å². The largest absolute Gasteiger partial charge is 0.342 e. The Hall–Kier alpha value is -1.84. The van der Waals surface area contributed by atoms with Crippen molar-refractivity contribution in [3.05, 3.63) is 29.3 Å². The van der Waals surface area contributed by atoms with E-state index in [9.17, 15) is 4.79 Å². The first-order valence-corrected chi connectivity index (χ1v) is 11.4. The van der Waals surface area contributed by atoms with Crippen molar-refractivity contribution < 1.29 is 4.79 Å².